The summed E-state index contributed by atoms with van der Waals surface area (Å²) in [4.78, 5) is 15.5. The Labute approximate surface area is 175 Å². The van der Waals surface area contributed by atoms with E-state index < -0.39 is 16.9 Å². The lowest BCUT2D eigenvalue weighted by Crippen LogP contribution is -2.16. The average molecular weight is 419 g/mol. The maximum atomic E-state index is 14.1. The Balaban J connectivity index is 2.28. The van der Waals surface area contributed by atoms with E-state index in [-0.39, 0.29) is 17.7 Å². The smallest absolute Gasteiger partial charge is 0.305 e. The molecule has 158 valence electrons. The van der Waals surface area contributed by atoms with Crippen LogP contribution < -0.4 is 10.5 Å². The summed E-state index contributed by atoms with van der Waals surface area (Å²) < 4.78 is 18.2. The summed E-state index contributed by atoms with van der Waals surface area (Å²) in [6, 6.07) is 10.2. The molecule has 2 rings (SSSR count). The van der Waals surface area contributed by atoms with Gasteiger partial charge < -0.3 is 10.2 Å². The zero-order chi connectivity index (χ0) is 21.7. The summed E-state index contributed by atoms with van der Waals surface area (Å²) in [6.07, 6.45) is 0. The van der Waals surface area contributed by atoms with Crippen molar-refractivity contribution in [3.8, 4) is 0 Å². The van der Waals surface area contributed by atoms with Crippen LogP contribution in [0, 0.1) is 5.82 Å². The van der Waals surface area contributed by atoms with Crippen molar-refractivity contribution in [2.75, 3.05) is 19.4 Å². The number of rotatable bonds is 6. The highest BCUT2D eigenvalue weighted by atomic mass is 32.2. The lowest BCUT2D eigenvalue weighted by Gasteiger charge is -2.20. The molecule has 1 unspecified atom stereocenters. The van der Waals surface area contributed by atoms with Crippen LogP contribution in [0.25, 0.3) is 0 Å². The summed E-state index contributed by atoms with van der Waals surface area (Å²) in [5.74, 6) is -0.193. The fourth-order valence-electron chi connectivity index (χ4n) is 3.08. The summed E-state index contributed by atoms with van der Waals surface area (Å²) in [5, 5.41) is 9.01. The van der Waals surface area contributed by atoms with Gasteiger partial charge in [-0.15, -0.1) is 0 Å². The SMILES string of the molecule is CC(C)c1cc(F)cc(C(C)C)c1NC(=O)N=S(N)c1ccc(CN(C)C)cc1. The first-order chi connectivity index (χ1) is 13.6. The molecule has 0 saturated carbocycles. The number of nitrogens with zero attached hydrogens (tertiary/aromatic N) is 2. The highest BCUT2D eigenvalue weighted by molar-refractivity contribution is 7.85. The van der Waals surface area contributed by atoms with E-state index in [2.05, 4.69) is 14.6 Å². The lowest BCUT2D eigenvalue weighted by atomic mass is 9.92. The van der Waals surface area contributed by atoms with Crippen molar-refractivity contribution in [3.05, 3.63) is 58.9 Å². The van der Waals surface area contributed by atoms with Gasteiger partial charge >= 0.3 is 6.03 Å². The van der Waals surface area contributed by atoms with Crippen molar-refractivity contribution < 1.29 is 9.18 Å². The zero-order valence-corrected chi connectivity index (χ0v) is 18.8. The van der Waals surface area contributed by atoms with Crippen LogP contribution in [-0.2, 0) is 17.4 Å². The van der Waals surface area contributed by atoms with Gasteiger partial charge in [-0.05, 0) is 66.9 Å². The summed E-state index contributed by atoms with van der Waals surface area (Å²) in [7, 11) is 2.94. The fourth-order valence-corrected chi connectivity index (χ4v) is 3.82. The Morgan fingerprint density at radius 3 is 2.07 bits per heavy atom. The predicted molar refractivity (Wildman–Crippen MR) is 120 cm³/mol. The van der Waals surface area contributed by atoms with E-state index in [4.69, 9.17) is 5.14 Å². The van der Waals surface area contributed by atoms with Gasteiger partial charge in [0.25, 0.3) is 0 Å². The van der Waals surface area contributed by atoms with Crippen LogP contribution in [0.4, 0.5) is 14.9 Å². The number of nitrogens with one attached hydrogen (secondary N) is 1. The molecule has 3 N–H and O–H groups in total. The molecule has 0 aromatic heterocycles. The second kappa shape index (κ2) is 10.1. The molecule has 2 aromatic rings. The molecule has 0 saturated heterocycles. The van der Waals surface area contributed by atoms with Gasteiger partial charge in [0.05, 0.1) is 0 Å². The Bertz CT molecular complexity index is 863. The molecule has 5 nitrogen and oxygen atoms in total. The number of anilines is 1. The summed E-state index contributed by atoms with van der Waals surface area (Å²) in [5.41, 5.74) is 3.29. The van der Waals surface area contributed by atoms with Crippen molar-refractivity contribution >= 4 is 22.6 Å². The Hall–Kier alpha value is -2.09. The molecule has 2 aromatic carbocycles. The molecule has 1 atom stereocenters. The second-order valence-corrected chi connectivity index (χ2v) is 9.27. The number of benzene rings is 2. The van der Waals surface area contributed by atoms with Crippen molar-refractivity contribution in [1.29, 1.82) is 0 Å². The molecular formula is C22H31FN4OS. The minimum Gasteiger partial charge on any atom is -0.305 e. The zero-order valence-electron chi connectivity index (χ0n) is 18.0. The van der Waals surface area contributed by atoms with Crippen molar-refractivity contribution in [1.82, 2.24) is 4.90 Å². The first-order valence-electron chi connectivity index (χ1n) is 9.67. The fraction of sp³-hybridized carbons (Fsp3) is 0.409. The lowest BCUT2D eigenvalue weighted by molar-refractivity contribution is 0.260. The van der Waals surface area contributed by atoms with Gasteiger partial charge in [0.1, 0.15) is 5.82 Å². The topological polar surface area (TPSA) is 70.7 Å². The van der Waals surface area contributed by atoms with Crippen LogP contribution >= 0.6 is 0 Å². The number of halogens is 1. The van der Waals surface area contributed by atoms with Gasteiger partial charge in [-0.25, -0.2) is 9.18 Å². The molecule has 29 heavy (non-hydrogen) atoms. The molecule has 0 fully saturated rings. The third-order valence-electron chi connectivity index (χ3n) is 4.48. The number of hydrogen-bond acceptors (Lipinski definition) is 2. The molecule has 0 radical (unpaired) electrons. The monoisotopic (exact) mass is 418 g/mol. The van der Waals surface area contributed by atoms with Crippen LogP contribution in [-0.4, -0.2) is 25.0 Å². The summed E-state index contributed by atoms with van der Waals surface area (Å²) in [6.45, 7) is 8.70. The average Bonchev–Trinajstić information content (AvgIpc) is 2.62. The van der Waals surface area contributed by atoms with Crippen LogP contribution in [0.1, 0.15) is 56.2 Å². The molecule has 0 aliphatic carbocycles. The van der Waals surface area contributed by atoms with Gasteiger partial charge in [0.15, 0.2) is 0 Å². The number of amides is 2. The maximum absolute atomic E-state index is 14.1. The third-order valence-corrected chi connectivity index (χ3v) is 5.60. The van der Waals surface area contributed by atoms with E-state index in [1.54, 1.807) is 0 Å². The molecule has 0 aliphatic heterocycles. The number of nitrogens with two attached hydrogens (primary N) is 1. The van der Waals surface area contributed by atoms with Gasteiger partial charge in [-0.1, -0.05) is 39.8 Å². The van der Waals surface area contributed by atoms with E-state index in [9.17, 15) is 9.18 Å². The molecule has 2 amide bonds. The van der Waals surface area contributed by atoms with Gasteiger partial charge in [-0.2, -0.15) is 4.36 Å². The first kappa shape index (κ1) is 23.2. The van der Waals surface area contributed by atoms with E-state index in [1.807, 2.05) is 66.1 Å². The van der Waals surface area contributed by atoms with Gasteiger partial charge in [-0.3, -0.25) is 5.14 Å². The second-order valence-electron chi connectivity index (χ2n) is 7.99. The predicted octanol–water partition coefficient (Wildman–Crippen LogP) is 5.40. The van der Waals surface area contributed by atoms with E-state index in [0.29, 0.717) is 5.69 Å². The number of hydrogen-bond donors (Lipinski definition) is 2. The largest absolute Gasteiger partial charge is 0.352 e. The molecule has 0 aliphatic rings. The molecular weight excluding hydrogens is 387 g/mol. The minimum absolute atomic E-state index is 0.0545. The highest BCUT2D eigenvalue weighted by Crippen LogP contribution is 2.33. The molecule has 7 heteroatoms. The van der Waals surface area contributed by atoms with Crippen LogP contribution in [0.15, 0.2) is 45.7 Å². The minimum atomic E-state index is -1.07. The normalized spacial score (nSPS) is 12.8. The van der Waals surface area contributed by atoms with Gasteiger partial charge in [0, 0.05) is 28.0 Å². The van der Waals surface area contributed by atoms with Crippen LogP contribution in [0.5, 0.6) is 0 Å². The van der Waals surface area contributed by atoms with Crippen molar-refractivity contribution in [2.45, 2.75) is 51.0 Å². The molecule has 0 spiro atoms. The third kappa shape index (κ3) is 6.45. The maximum Gasteiger partial charge on any atom is 0.352 e. The van der Waals surface area contributed by atoms with Crippen LogP contribution in [0.2, 0.25) is 0 Å². The van der Waals surface area contributed by atoms with Crippen molar-refractivity contribution in [3.63, 3.8) is 0 Å². The van der Waals surface area contributed by atoms with Crippen LogP contribution in [0.3, 0.4) is 0 Å². The molecule has 0 bridgehead atoms. The van der Waals surface area contributed by atoms with Gasteiger partial charge in [0.2, 0.25) is 0 Å². The quantitative estimate of drug-likeness (QED) is 0.660. The molecule has 0 heterocycles. The number of urea groups is 1. The highest BCUT2D eigenvalue weighted by Gasteiger charge is 2.18. The first-order valence-corrected chi connectivity index (χ1v) is 10.9. The summed E-state index contributed by atoms with van der Waals surface area (Å²) >= 11 is 0. The standard InChI is InChI=1S/C22H31FN4OS/c1-14(2)19-11-17(23)12-20(15(3)4)21(19)25-22(28)26-29(24)18-9-7-16(8-10-18)13-27(5)6/h7-12,14-15H,13H2,1-6H3,(H3,24,25,26,28). The van der Waals surface area contributed by atoms with E-state index >= 15 is 0 Å². The van der Waals surface area contributed by atoms with E-state index in [0.717, 1.165) is 28.1 Å². The Kier molecular flexibility index (Phi) is 8.07. The number of carbonyl (C=O) groups excluding carboxylic acids is 1. The number of carbonyl (C=O) groups is 1. The van der Waals surface area contributed by atoms with E-state index in [1.165, 1.54) is 12.1 Å². The van der Waals surface area contributed by atoms with Crippen molar-refractivity contribution in [2.24, 2.45) is 9.50 Å². The Morgan fingerprint density at radius 1 is 1.10 bits per heavy atom. The Morgan fingerprint density at radius 2 is 1.62 bits per heavy atom.